The third-order valence-electron chi connectivity index (χ3n) is 5.15. The predicted molar refractivity (Wildman–Crippen MR) is 117 cm³/mol. The highest BCUT2D eigenvalue weighted by molar-refractivity contribution is 5.78. The Balaban J connectivity index is 1.38. The Kier molecular flexibility index (Phi) is 6.08. The Morgan fingerprint density at radius 3 is 2.55 bits per heavy atom. The Labute approximate surface area is 179 Å². The van der Waals surface area contributed by atoms with Crippen LogP contribution in [0.4, 0.5) is 0 Å². The first-order chi connectivity index (χ1) is 15.1. The van der Waals surface area contributed by atoms with Crippen LogP contribution in [0.15, 0.2) is 79.1 Å². The first-order valence-corrected chi connectivity index (χ1v) is 9.99. The number of ether oxygens (including phenoxy) is 1. The van der Waals surface area contributed by atoms with Gasteiger partial charge in [0.2, 0.25) is 0 Å². The van der Waals surface area contributed by atoms with Gasteiger partial charge in [-0.1, -0.05) is 36.4 Å². The summed E-state index contributed by atoms with van der Waals surface area (Å²) >= 11 is 0. The fraction of sp³-hybridized carbons (Fsp3) is 0.160. The number of hydrogen-bond donors (Lipinski definition) is 2. The van der Waals surface area contributed by atoms with E-state index >= 15 is 0 Å². The number of carboxylic acid groups (broad SMARTS) is 1. The highest BCUT2D eigenvalue weighted by atomic mass is 16.5. The summed E-state index contributed by atoms with van der Waals surface area (Å²) in [6.07, 6.45) is 3.45. The smallest absolute Gasteiger partial charge is 0.307 e. The van der Waals surface area contributed by atoms with Gasteiger partial charge in [0.25, 0.3) is 0 Å². The highest BCUT2D eigenvalue weighted by Crippen LogP contribution is 2.23. The van der Waals surface area contributed by atoms with Gasteiger partial charge in [0.15, 0.2) is 0 Å². The van der Waals surface area contributed by atoms with Gasteiger partial charge >= 0.3 is 5.97 Å². The second-order valence-corrected chi connectivity index (χ2v) is 7.38. The second-order valence-electron chi connectivity index (χ2n) is 7.38. The lowest BCUT2D eigenvalue weighted by Crippen LogP contribution is -2.19. The van der Waals surface area contributed by atoms with Gasteiger partial charge in [-0.25, -0.2) is 4.98 Å². The fourth-order valence-electron chi connectivity index (χ4n) is 3.45. The third-order valence-corrected chi connectivity index (χ3v) is 5.15. The number of aromatic hydroxyl groups is 1. The number of hydrogen-bond acceptors (Lipinski definition) is 5. The van der Waals surface area contributed by atoms with Crippen molar-refractivity contribution in [2.75, 3.05) is 0 Å². The Hall–Kier alpha value is -3.93. The van der Waals surface area contributed by atoms with Crippen LogP contribution in [0.2, 0.25) is 0 Å². The molecule has 4 rings (SSSR count). The molecule has 2 aromatic heterocycles. The molecule has 0 saturated carbocycles. The van der Waals surface area contributed by atoms with E-state index in [4.69, 9.17) is 4.74 Å². The number of carbonyl (C=O) groups is 1. The summed E-state index contributed by atoms with van der Waals surface area (Å²) in [6.45, 7) is 0.350. The van der Waals surface area contributed by atoms with E-state index in [0.29, 0.717) is 24.3 Å². The average Bonchev–Trinajstić information content (AvgIpc) is 2.79. The van der Waals surface area contributed by atoms with Gasteiger partial charge in [0.1, 0.15) is 18.1 Å². The zero-order valence-electron chi connectivity index (χ0n) is 16.8. The molecule has 31 heavy (non-hydrogen) atoms. The summed E-state index contributed by atoms with van der Waals surface area (Å²) in [5.41, 5.74) is 3.23. The van der Waals surface area contributed by atoms with Crippen molar-refractivity contribution in [3.63, 3.8) is 0 Å². The minimum atomic E-state index is -0.904. The van der Waals surface area contributed by atoms with E-state index in [9.17, 15) is 15.0 Å². The number of aromatic nitrogens is 2. The second kappa shape index (κ2) is 9.26. The maximum atomic E-state index is 11.7. The van der Waals surface area contributed by atoms with Crippen molar-refractivity contribution in [3.05, 3.63) is 95.9 Å². The molecular formula is C25H22N2O4. The van der Waals surface area contributed by atoms with E-state index in [0.717, 1.165) is 22.2 Å². The third kappa shape index (κ3) is 5.17. The van der Waals surface area contributed by atoms with Gasteiger partial charge in [-0.2, -0.15) is 0 Å². The van der Waals surface area contributed by atoms with Crippen LogP contribution < -0.4 is 4.74 Å². The largest absolute Gasteiger partial charge is 0.506 e. The summed E-state index contributed by atoms with van der Waals surface area (Å²) in [5, 5.41) is 20.6. The van der Waals surface area contributed by atoms with Crippen LogP contribution in [-0.4, -0.2) is 26.2 Å². The molecule has 0 aliphatic rings. The van der Waals surface area contributed by atoms with Gasteiger partial charge in [0, 0.05) is 11.6 Å². The minimum Gasteiger partial charge on any atom is -0.506 e. The molecule has 0 aliphatic heterocycles. The van der Waals surface area contributed by atoms with Crippen LogP contribution in [0.1, 0.15) is 16.8 Å². The number of aliphatic carboxylic acids is 1. The van der Waals surface area contributed by atoms with Crippen LogP contribution in [-0.2, 0) is 24.2 Å². The first-order valence-electron chi connectivity index (χ1n) is 9.99. The molecule has 0 amide bonds. The minimum absolute atomic E-state index is 0.0137. The van der Waals surface area contributed by atoms with E-state index in [1.807, 2.05) is 60.7 Å². The van der Waals surface area contributed by atoms with Crippen molar-refractivity contribution in [2.24, 2.45) is 5.92 Å². The quantitative estimate of drug-likeness (QED) is 0.444. The molecule has 0 aliphatic carbocycles. The molecule has 4 aromatic rings. The average molecular weight is 414 g/mol. The fourth-order valence-corrected chi connectivity index (χ4v) is 3.45. The van der Waals surface area contributed by atoms with E-state index in [-0.39, 0.29) is 12.2 Å². The van der Waals surface area contributed by atoms with E-state index in [2.05, 4.69) is 9.97 Å². The van der Waals surface area contributed by atoms with Crippen LogP contribution in [0, 0.1) is 5.92 Å². The maximum absolute atomic E-state index is 11.7. The molecule has 6 heteroatoms. The summed E-state index contributed by atoms with van der Waals surface area (Å²) in [7, 11) is 0. The lowest BCUT2D eigenvalue weighted by Gasteiger charge is -2.14. The SMILES string of the molecule is O=C(O)C(Cc1ccc(OCc2ccc3ccccc3n2)cc1)Cc1ccncc1O. The number of benzene rings is 2. The maximum Gasteiger partial charge on any atom is 0.307 e. The van der Waals surface area contributed by atoms with Gasteiger partial charge < -0.3 is 14.9 Å². The number of carboxylic acids is 1. The Morgan fingerprint density at radius 2 is 1.77 bits per heavy atom. The molecular weight excluding hydrogens is 392 g/mol. The van der Waals surface area contributed by atoms with Crippen molar-refractivity contribution < 1.29 is 19.7 Å². The zero-order valence-corrected chi connectivity index (χ0v) is 16.8. The zero-order chi connectivity index (χ0) is 21.6. The van der Waals surface area contributed by atoms with Crippen LogP contribution in [0.3, 0.4) is 0 Å². The van der Waals surface area contributed by atoms with E-state index < -0.39 is 11.9 Å². The predicted octanol–water partition coefficient (Wildman–Crippen LogP) is 4.40. The molecule has 2 N–H and O–H groups in total. The van der Waals surface area contributed by atoms with Crippen molar-refractivity contribution in [3.8, 4) is 11.5 Å². The molecule has 2 heterocycles. The van der Waals surface area contributed by atoms with Gasteiger partial charge in [0.05, 0.1) is 23.3 Å². The molecule has 6 nitrogen and oxygen atoms in total. The molecule has 0 spiro atoms. The summed E-state index contributed by atoms with van der Waals surface area (Å²) in [4.78, 5) is 20.1. The van der Waals surface area contributed by atoms with Crippen molar-refractivity contribution >= 4 is 16.9 Å². The standard InChI is InChI=1S/C25H22N2O4/c28-24-15-26-12-11-19(24)14-20(25(29)30)13-17-5-9-22(10-6-17)31-16-21-8-7-18-3-1-2-4-23(18)27-21/h1-12,15,20,28H,13-14,16H2,(H,29,30). The van der Waals surface area contributed by atoms with Crippen molar-refractivity contribution in [2.45, 2.75) is 19.4 Å². The van der Waals surface area contributed by atoms with Gasteiger partial charge in [-0.05, 0) is 54.3 Å². The van der Waals surface area contributed by atoms with Gasteiger partial charge in [-0.15, -0.1) is 0 Å². The summed E-state index contributed by atoms with van der Waals surface area (Å²) < 4.78 is 5.84. The Bertz CT molecular complexity index is 1190. The van der Waals surface area contributed by atoms with Crippen LogP contribution in [0.25, 0.3) is 10.9 Å². The molecule has 2 aromatic carbocycles. The van der Waals surface area contributed by atoms with Crippen LogP contribution >= 0.6 is 0 Å². The van der Waals surface area contributed by atoms with Crippen molar-refractivity contribution in [1.29, 1.82) is 0 Å². The normalized spacial score (nSPS) is 11.9. The molecule has 0 saturated heterocycles. The summed E-state index contributed by atoms with van der Waals surface area (Å²) in [5.74, 6) is -0.849. The number of nitrogens with zero attached hydrogens (tertiary/aromatic N) is 2. The van der Waals surface area contributed by atoms with Crippen molar-refractivity contribution in [1.82, 2.24) is 9.97 Å². The number of pyridine rings is 2. The summed E-state index contributed by atoms with van der Waals surface area (Å²) in [6, 6.07) is 20.9. The Morgan fingerprint density at radius 1 is 0.968 bits per heavy atom. The topological polar surface area (TPSA) is 92.5 Å². The number of rotatable bonds is 8. The van der Waals surface area contributed by atoms with Gasteiger partial charge in [-0.3, -0.25) is 9.78 Å². The molecule has 156 valence electrons. The lowest BCUT2D eigenvalue weighted by molar-refractivity contribution is -0.141. The van der Waals surface area contributed by atoms with E-state index in [1.54, 1.807) is 12.3 Å². The molecule has 1 atom stereocenters. The first kappa shape index (κ1) is 20.3. The molecule has 1 unspecified atom stereocenters. The molecule has 0 radical (unpaired) electrons. The lowest BCUT2D eigenvalue weighted by atomic mass is 9.92. The number of para-hydroxylation sites is 1. The number of fused-ring (bicyclic) bond motifs is 1. The highest BCUT2D eigenvalue weighted by Gasteiger charge is 2.20. The van der Waals surface area contributed by atoms with Crippen LogP contribution in [0.5, 0.6) is 11.5 Å². The monoisotopic (exact) mass is 414 g/mol. The molecule has 0 fully saturated rings. The molecule has 0 bridgehead atoms. The van der Waals surface area contributed by atoms with E-state index in [1.165, 1.54) is 6.20 Å².